The summed E-state index contributed by atoms with van der Waals surface area (Å²) in [7, 11) is 0. The number of alkyl halides is 3. The van der Waals surface area contributed by atoms with Crippen molar-refractivity contribution in [1.29, 1.82) is 0 Å². The lowest BCUT2D eigenvalue weighted by Crippen LogP contribution is -2.22. The lowest BCUT2D eigenvalue weighted by atomic mass is 10.1. The molecule has 9 nitrogen and oxygen atoms in total. The van der Waals surface area contributed by atoms with Crippen LogP contribution in [0.1, 0.15) is 21.6 Å². The number of furan rings is 1. The zero-order valence-corrected chi connectivity index (χ0v) is 17.3. The zero-order chi connectivity index (χ0) is 23.8. The van der Waals surface area contributed by atoms with Crippen molar-refractivity contribution in [2.45, 2.75) is 13.1 Å². The largest absolute Gasteiger partial charge is 0.463 e. The maximum absolute atomic E-state index is 12.7. The van der Waals surface area contributed by atoms with E-state index in [1.807, 2.05) is 0 Å². The highest BCUT2D eigenvalue weighted by molar-refractivity contribution is 6.33. The summed E-state index contributed by atoms with van der Waals surface area (Å²) in [4.78, 5) is 32.6. The van der Waals surface area contributed by atoms with Crippen LogP contribution < -0.4 is 5.32 Å². The van der Waals surface area contributed by atoms with Crippen molar-refractivity contribution in [2.24, 2.45) is 0 Å². The molecule has 0 saturated heterocycles. The first-order valence-electron chi connectivity index (χ1n) is 9.14. The van der Waals surface area contributed by atoms with E-state index in [2.05, 4.69) is 20.4 Å². The highest BCUT2D eigenvalue weighted by atomic mass is 35.5. The van der Waals surface area contributed by atoms with Crippen LogP contribution >= 0.6 is 11.6 Å². The van der Waals surface area contributed by atoms with Crippen molar-refractivity contribution < 1.29 is 36.4 Å². The molecule has 0 aliphatic carbocycles. The molecule has 0 spiro atoms. The Bertz CT molecular complexity index is 1350. The molecule has 4 aromatic rings. The Hall–Kier alpha value is -3.93. The van der Waals surface area contributed by atoms with Crippen LogP contribution in [0.5, 0.6) is 0 Å². The first kappa shape index (κ1) is 22.3. The van der Waals surface area contributed by atoms with Gasteiger partial charge < -0.3 is 19.0 Å². The number of pyridine rings is 2. The summed E-state index contributed by atoms with van der Waals surface area (Å²) >= 11 is 5.76. The fourth-order valence-corrected chi connectivity index (χ4v) is 3.08. The molecule has 0 fully saturated rings. The maximum atomic E-state index is 12.7. The monoisotopic (exact) mass is 480 g/mol. The van der Waals surface area contributed by atoms with Crippen LogP contribution in [0.25, 0.3) is 22.6 Å². The van der Waals surface area contributed by atoms with Gasteiger partial charge in [-0.3, -0.25) is 4.79 Å². The molecule has 0 aromatic carbocycles. The van der Waals surface area contributed by atoms with E-state index in [9.17, 15) is 22.8 Å². The van der Waals surface area contributed by atoms with E-state index in [0.29, 0.717) is 29.1 Å². The van der Waals surface area contributed by atoms with Crippen LogP contribution in [-0.2, 0) is 15.7 Å². The number of nitrogens with zero attached hydrogens (tertiary/aromatic N) is 3. The molecule has 4 aromatic heterocycles. The van der Waals surface area contributed by atoms with E-state index in [1.54, 1.807) is 19.1 Å². The third-order valence-electron chi connectivity index (χ3n) is 4.37. The lowest BCUT2D eigenvalue weighted by molar-refractivity contribution is -0.137. The summed E-state index contributed by atoms with van der Waals surface area (Å²) in [6, 6.07) is 5.28. The fraction of sp³-hybridized carbons (Fsp3) is 0.150. The average Bonchev–Trinajstić information content (AvgIpc) is 3.42. The predicted octanol–water partition coefficient (Wildman–Crippen LogP) is 4.65. The number of halogens is 4. The molecule has 0 unspecified atom stereocenters. The summed E-state index contributed by atoms with van der Waals surface area (Å²) < 4.78 is 53.6. The average molecular weight is 481 g/mol. The smallest absolute Gasteiger partial charge is 0.417 e. The molecule has 0 bridgehead atoms. The molecule has 1 N–H and O–H groups in total. The topological polar surface area (TPSA) is 120 Å². The highest BCUT2D eigenvalue weighted by Crippen LogP contribution is 2.32. The SMILES string of the molecule is Cc1noc2nc(-c3ccco3)cc(C(=O)OCC(=O)Nc3ncc(C(F)(F)F)cc3Cl)c12. The Kier molecular flexibility index (Phi) is 5.77. The minimum absolute atomic E-state index is 0.0311. The van der Waals surface area contributed by atoms with Crippen molar-refractivity contribution in [3.05, 3.63) is 58.6 Å². The number of carbonyl (C=O) groups excluding carboxylic acids is 2. The fourth-order valence-electron chi connectivity index (χ4n) is 2.87. The zero-order valence-electron chi connectivity index (χ0n) is 16.6. The number of esters is 1. The molecular formula is C20H12ClF3N4O5. The number of anilines is 1. The van der Waals surface area contributed by atoms with Gasteiger partial charge in [-0.15, -0.1) is 0 Å². The number of aryl methyl sites for hydroxylation is 1. The van der Waals surface area contributed by atoms with E-state index in [-0.39, 0.29) is 22.8 Å². The third-order valence-corrected chi connectivity index (χ3v) is 4.66. The van der Waals surface area contributed by atoms with Crippen molar-refractivity contribution in [3.8, 4) is 11.5 Å². The molecule has 0 aliphatic rings. The number of amides is 1. The Morgan fingerprint density at radius 1 is 1.27 bits per heavy atom. The summed E-state index contributed by atoms with van der Waals surface area (Å²) in [6.07, 6.45) is -2.69. The second-order valence-corrected chi connectivity index (χ2v) is 7.06. The Morgan fingerprint density at radius 2 is 2.06 bits per heavy atom. The number of aromatic nitrogens is 3. The van der Waals surface area contributed by atoms with Crippen LogP contribution in [0.2, 0.25) is 5.02 Å². The Morgan fingerprint density at radius 3 is 2.73 bits per heavy atom. The molecule has 0 atom stereocenters. The van der Waals surface area contributed by atoms with E-state index < -0.39 is 35.2 Å². The number of rotatable bonds is 5. The van der Waals surface area contributed by atoms with Crippen LogP contribution in [0.15, 0.2) is 45.7 Å². The number of fused-ring (bicyclic) bond motifs is 1. The first-order chi connectivity index (χ1) is 15.6. The summed E-state index contributed by atoms with van der Waals surface area (Å²) in [5, 5.41) is 5.84. The van der Waals surface area contributed by atoms with Gasteiger partial charge in [0.15, 0.2) is 18.2 Å². The van der Waals surface area contributed by atoms with Crippen LogP contribution in [0.4, 0.5) is 19.0 Å². The van der Waals surface area contributed by atoms with E-state index in [4.69, 9.17) is 25.3 Å². The van der Waals surface area contributed by atoms with Crippen molar-refractivity contribution in [1.82, 2.24) is 15.1 Å². The van der Waals surface area contributed by atoms with Gasteiger partial charge >= 0.3 is 12.1 Å². The van der Waals surface area contributed by atoms with Gasteiger partial charge in [-0.05, 0) is 31.2 Å². The van der Waals surface area contributed by atoms with Gasteiger partial charge in [-0.1, -0.05) is 16.8 Å². The van der Waals surface area contributed by atoms with Gasteiger partial charge in [0.1, 0.15) is 5.69 Å². The van der Waals surface area contributed by atoms with E-state index in [0.717, 1.165) is 0 Å². The van der Waals surface area contributed by atoms with E-state index >= 15 is 0 Å². The predicted molar refractivity (Wildman–Crippen MR) is 107 cm³/mol. The van der Waals surface area contributed by atoms with Crippen LogP contribution in [0.3, 0.4) is 0 Å². The van der Waals surface area contributed by atoms with Crippen molar-refractivity contribution in [3.63, 3.8) is 0 Å². The summed E-state index contributed by atoms with van der Waals surface area (Å²) in [5.74, 6) is -1.70. The molecule has 0 radical (unpaired) electrons. The Balaban J connectivity index is 1.50. The number of carbonyl (C=O) groups is 2. The minimum atomic E-state index is -4.64. The summed E-state index contributed by atoms with van der Waals surface area (Å²) in [6.45, 7) is 0.837. The van der Waals surface area contributed by atoms with Crippen LogP contribution in [-0.4, -0.2) is 33.6 Å². The van der Waals surface area contributed by atoms with Gasteiger partial charge in [0.25, 0.3) is 11.6 Å². The minimum Gasteiger partial charge on any atom is -0.463 e. The first-order valence-corrected chi connectivity index (χ1v) is 9.52. The molecule has 4 rings (SSSR count). The third kappa shape index (κ3) is 4.65. The maximum Gasteiger partial charge on any atom is 0.417 e. The van der Waals surface area contributed by atoms with Gasteiger partial charge in [0, 0.05) is 6.20 Å². The highest BCUT2D eigenvalue weighted by Gasteiger charge is 2.31. The molecule has 170 valence electrons. The molecule has 0 saturated carbocycles. The molecule has 13 heteroatoms. The van der Waals surface area contributed by atoms with Gasteiger partial charge in [0.2, 0.25) is 0 Å². The lowest BCUT2D eigenvalue weighted by Gasteiger charge is -2.10. The molecular weight excluding hydrogens is 469 g/mol. The molecule has 0 aliphatic heterocycles. The standard InChI is InChI=1S/C20H12ClF3N4O5/c1-9-16-11(6-13(14-3-2-4-31-14)26-18(16)33-28-9)19(30)32-8-15(29)27-17-12(21)5-10(7-25-17)20(22,23)24/h2-7H,8H2,1H3,(H,25,27,29). The molecule has 4 heterocycles. The number of ether oxygens (including phenoxy) is 1. The Labute approximate surface area is 187 Å². The van der Waals surface area contributed by atoms with Crippen LogP contribution in [0, 0.1) is 6.92 Å². The van der Waals surface area contributed by atoms with Gasteiger partial charge in [-0.2, -0.15) is 13.2 Å². The number of hydrogen-bond acceptors (Lipinski definition) is 8. The van der Waals surface area contributed by atoms with Crippen molar-refractivity contribution in [2.75, 3.05) is 11.9 Å². The second kappa shape index (κ2) is 8.54. The van der Waals surface area contributed by atoms with E-state index in [1.165, 1.54) is 12.3 Å². The number of hydrogen-bond donors (Lipinski definition) is 1. The second-order valence-electron chi connectivity index (χ2n) is 6.66. The molecule has 33 heavy (non-hydrogen) atoms. The van der Waals surface area contributed by atoms with Gasteiger partial charge in [0.05, 0.1) is 33.5 Å². The number of nitrogens with one attached hydrogen (secondary N) is 1. The summed E-state index contributed by atoms with van der Waals surface area (Å²) in [5.41, 5.74) is -0.321. The molecule has 1 amide bonds. The normalized spacial score (nSPS) is 11.5. The van der Waals surface area contributed by atoms with Gasteiger partial charge in [-0.25, -0.2) is 14.8 Å². The quantitative estimate of drug-likeness (QED) is 0.410. The van der Waals surface area contributed by atoms with Crippen molar-refractivity contribution >= 4 is 40.4 Å².